The number of hydrogen-bond acceptors (Lipinski definition) is 7. The second-order valence-corrected chi connectivity index (χ2v) is 9.20. The second kappa shape index (κ2) is 8.04. The Morgan fingerprint density at radius 1 is 1.14 bits per heavy atom. The summed E-state index contributed by atoms with van der Waals surface area (Å²) in [5.41, 5.74) is 0.880. The Hall–Kier alpha value is -2.20. The van der Waals surface area contributed by atoms with E-state index >= 15 is 0 Å². The van der Waals surface area contributed by atoms with Crippen LogP contribution in [0.15, 0.2) is 17.3 Å². The van der Waals surface area contributed by atoms with Gasteiger partial charge in [-0.15, -0.1) is 0 Å². The standard InChI is InChI=1S/C18H29N7O2S/c1-6-19-18-20-14(4)11-15(21-18)24-7-9-25(10-8-24)28(26,27)16-12-23(5)17(22-16)13(2)3/h11-13H,6-10H2,1-5H3,(H,19,20,21). The largest absolute Gasteiger partial charge is 0.354 e. The fourth-order valence-corrected chi connectivity index (χ4v) is 4.76. The van der Waals surface area contributed by atoms with E-state index < -0.39 is 10.0 Å². The fraction of sp³-hybridized carbons (Fsp3) is 0.611. The van der Waals surface area contributed by atoms with Crippen LogP contribution >= 0.6 is 0 Å². The van der Waals surface area contributed by atoms with E-state index in [1.165, 1.54) is 4.31 Å². The molecule has 1 N–H and O–H groups in total. The number of aromatic nitrogens is 4. The van der Waals surface area contributed by atoms with E-state index in [0.717, 1.165) is 23.9 Å². The normalized spacial score (nSPS) is 16.0. The van der Waals surface area contributed by atoms with Crippen LogP contribution in [0.1, 0.15) is 38.2 Å². The van der Waals surface area contributed by atoms with Crippen molar-refractivity contribution in [3.63, 3.8) is 0 Å². The maximum absolute atomic E-state index is 13.0. The first-order chi connectivity index (χ1) is 13.2. The Kier molecular flexibility index (Phi) is 5.90. The molecule has 28 heavy (non-hydrogen) atoms. The Labute approximate surface area is 166 Å². The zero-order chi connectivity index (χ0) is 20.5. The smallest absolute Gasteiger partial charge is 0.262 e. The maximum atomic E-state index is 13.0. The molecule has 10 heteroatoms. The van der Waals surface area contributed by atoms with Crippen LogP contribution in [-0.4, -0.2) is 65.0 Å². The first kappa shape index (κ1) is 20.5. The van der Waals surface area contributed by atoms with Gasteiger partial charge >= 0.3 is 0 Å². The van der Waals surface area contributed by atoms with Gasteiger partial charge in [-0.05, 0) is 13.8 Å². The molecule has 154 valence electrons. The lowest BCUT2D eigenvalue weighted by Gasteiger charge is -2.34. The molecular formula is C18H29N7O2S. The minimum absolute atomic E-state index is 0.125. The zero-order valence-corrected chi connectivity index (χ0v) is 18.0. The molecule has 2 aromatic heterocycles. The van der Waals surface area contributed by atoms with E-state index in [9.17, 15) is 8.42 Å². The molecule has 0 bridgehead atoms. The fourth-order valence-electron chi connectivity index (χ4n) is 3.35. The molecule has 0 aliphatic carbocycles. The first-order valence-corrected chi connectivity index (χ1v) is 11.0. The Morgan fingerprint density at radius 2 is 1.82 bits per heavy atom. The molecule has 0 unspecified atom stereocenters. The van der Waals surface area contributed by atoms with Gasteiger partial charge in [0, 0.05) is 63.6 Å². The van der Waals surface area contributed by atoms with Crippen LogP contribution < -0.4 is 10.2 Å². The highest BCUT2D eigenvalue weighted by molar-refractivity contribution is 7.89. The molecule has 9 nitrogen and oxygen atoms in total. The molecule has 1 aliphatic rings. The molecule has 0 aromatic carbocycles. The van der Waals surface area contributed by atoms with Crippen LogP contribution in [0.5, 0.6) is 0 Å². The molecule has 0 radical (unpaired) electrons. The minimum atomic E-state index is -3.60. The topological polar surface area (TPSA) is 96.2 Å². The summed E-state index contributed by atoms with van der Waals surface area (Å²) in [7, 11) is -1.77. The average Bonchev–Trinajstić information content (AvgIpc) is 3.04. The van der Waals surface area contributed by atoms with E-state index in [1.54, 1.807) is 10.8 Å². The number of sulfonamides is 1. The third-order valence-corrected chi connectivity index (χ3v) is 6.52. The summed E-state index contributed by atoms with van der Waals surface area (Å²) in [5.74, 6) is 2.35. The molecule has 3 rings (SSSR count). The predicted molar refractivity (Wildman–Crippen MR) is 109 cm³/mol. The van der Waals surface area contributed by atoms with E-state index in [-0.39, 0.29) is 10.9 Å². The van der Waals surface area contributed by atoms with Crippen molar-refractivity contribution in [1.82, 2.24) is 23.8 Å². The van der Waals surface area contributed by atoms with Gasteiger partial charge in [0.05, 0.1) is 0 Å². The summed E-state index contributed by atoms with van der Waals surface area (Å²) < 4.78 is 29.3. The highest BCUT2D eigenvalue weighted by Gasteiger charge is 2.31. The number of rotatable bonds is 6. The number of nitrogens with zero attached hydrogens (tertiary/aromatic N) is 6. The minimum Gasteiger partial charge on any atom is -0.354 e. The SMILES string of the molecule is CCNc1nc(C)cc(N2CCN(S(=O)(=O)c3cn(C)c(C(C)C)n3)CC2)n1. The highest BCUT2D eigenvalue weighted by Crippen LogP contribution is 2.22. The summed E-state index contributed by atoms with van der Waals surface area (Å²) in [6.45, 7) is 10.6. The van der Waals surface area contributed by atoms with Crippen molar-refractivity contribution in [3.05, 3.63) is 23.8 Å². The zero-order valence-electron chi connectivity index (χ0n) is 17.2. The van der Waals surface area contributed by atoms with Crippen molar-refractivity contribution in [2.75, 3.05) is 42.9 Å². The lowest BCUT2D eigenvalue weighted by atomic mass is 10.2. The van der Waals surface area contributed by atoms with E-state index in [1.807, 2.05) is 40.8 Å². The number of anilines is 2. The van der Waals surface area contributed by atoms with Gasteiger partial charge in [-0.1, -0.05) is 13.8 Å². The number of hydrogen-bond donors (Lipinski definition) is 1. The van der Waals surface area contributed by atoms with Gasteiger partial charge in [-0.3, -0.25) is 0 Å². The molecule has 0 saturated carbocycles. The summed E-state index contributed by atoms with van der Waals surface area (Å²) in [6, 6.07) is 1.93. The quantitative estimate of drug-likeness (QED) is 0.777. The number of imidazole rings is 1. The number of piperazine rings is 1. The number of aryl methyl sites for hydroxylation is 2. The summed E-state index contributed by atoms with van der Waals surface area (Å²) in [4.78, 5) is 15.4. The average molecular weight is 408 g/mol. The van der Waals surface area contributed by atoms with Gasteiger partial charge in [0.25, 0.3) is 10.0 Å². The van der Waals surface area contributed by atoms with Crippen molar-refractivity contribution in [2.45, 2.75) is 38.6 Å². The lowest BCUT2D eigenvalue weighted by Crippen LogP contribution is -2.49. The molecule has 3 heterocycles. The van der Waals surface area contributed by atoms with Crippen LogP contribution in [-0.2, 0) is 17.1 Å². The molecule has 0 atom stereocenters. The van der Waals surface area contributed by atoms with Crippen molar-refractivity contribution < 1.29 is 8.42 Å². The van der Waals surface area contributed by atoms with Crippen molar-refractivity contribution in [1.29, 1.82) is 0 Å². The van der Waals surface area contributed by atoms with Crippen LogP contribution in [0.25, 0.3) is 0 Å². The van der Waals surface area contributed by atoms with Crippen LogP contribution in [0.3, 0.4) is 0 Å². The van der Waals surface area contributed by atoms with E-state index in [2.05, 4.69) is 25.2 Å². The summed E-state index contributed by atoms with van der Waals surface area (Å²) in [5, 5.41) is 3.26. The van der Waals surface area contributed by atoms with Crippen LogP contribution in [0.4, 0.5) is 11.8 Å². The molecule has 1 saturated heterocycles. The third kappa shape index (κ3) is 4.12. The number of nitrogens with one attached hydrogen (secondary N) is 1. The second-order valence-electron chi connectivity index (χ2n) is 7.32. The molecule has 2 aromatic rings. The molecule has 0 spiro atoms. The third-order valence-electron chi connectivity index (χ3n) is 4.75. The molecular weight excluding hydrogens is 378 g/mol. The monoisotopic (exact) mass is 407 g/mol. The van der Waals surface area contributed by atoms with E-state index in [4.69, 9.17) is 0 Å². The van der Waals surface area contributed by atoms with Crippen LogP contribution in [0.2, 0.25) is 0 Å². The Balaban J connectivity index is 1.74. The summed E-state index contributed by atoms with van der Waals surface area (Å²) in [6.07, 6.45) is 1.60. The van der Waals surface area contributed by atoms with Crippen molar-refractivity contribution in [3.8, 4) is 0 Å². The van der Waals surface area contributed by atoms with Crippen LogP contribution in [0, 0.1) is 6.92 Å². The Morgan fingerprint density at radius 3 is 2.39 bits per heavy atom. The van der Waals surface area contributed by atoms with Gasteiger partial charge in [0.2, 0.25) is 5.95 Å². The highest BCUT2D eigenvalue weighted by atomic mass is 32.2. The maximum Gasteiger partial charge on any atom is 0.262 e. The summed E-state index contributed by atoms with van der Waals surface area (Å²) >= 11 is 0. The van der Waals surface area contributed by atoms with Gasteiger partial charge in [0.1, 0.15) is 11.6 Å². The molecule has 1 fully saturated rings. The molecule has 0 amide bonds. The van der Waals surface area contributed by atoms with Gasteiger partial charge in [-0.2, -0.15) is 9.29 Å². The molecule has 1 aliphatic heterocycles. The van der Waals surface area contributed by atoms with Crippen molar-refractivity contribution >= 4 is 21.8 Å². The first-order valence-electron chi connectivity index (χ1n) is 9.60. The van der Waals surface area contributed by atoms with Crippen molar-refractivity contribution in [2.24, 2.45) is 7.05 Å². The van der Waals surface area contributed by atoms with Gasteiger partial charge in [0.15, 0.2) is 5.03 Å². The Bertz CT molecular complexity index is 931. The van der Waals surface area contributed by atoms with Gasteiger partial charge in [-0.25, -0.2) is 18.4 Å². The van der Waals surface area contributed by atoms with E-state index in [0.29, 0.717) is 32.1 Å². The lowest BCUT2D eigenvalue weighted by molar-refractivity contribution is 0.382. The predicted octanol–water partition coefficient (Wildman–Crippen LogP) is 1.58. The van der Waals surface area contributed by atoms with Gasteiger partial charge < -0.3 is 14.8 Å².